The molecule has 0 aliphatic heterocycles. The number of nitrogens with one attached hydrogen (secondary N) is 2. The molecule has 118 valence electrons. The van der Waals surface area contributed by atoms with Gasteiger partial charge >= 0.3 is 0 Å². The molecule has 2 saturated carbocycles. The first-order chi connectivity index (χ1) is 10.5. The van der Waals surface area contributed by atoms with Gasteiger partial charge in [0.25, 0.3) is 0 Å². The third kappa shape index (κ3) is 2.61. The highest BCUT2D eigenvalue weighted by Crippen LogP contribution is 2.42. The molecular formula is C16H20N2O4. The van der Waals surface area contributed by atoms with Gasteiger partial charge in [0.1, 0.15) is 5.41 Å². The average Bonchev–Trinajstić information content (AvgIpc) is 3.23. The molecule has 2 aliphatic carbocycles. The Kier molecular flexibility index (Phi) is 3.68. The summed E-state index contributed by atoms with van der Waals surface area (Å²) in [7, 11) is 0. The predicted molar refractivity (Wildman–Crippen MR) is 79.1 cm³/mol. The van der Waals surface area contributed by atoms with Crippen LogP contribution in [0, 0.1) is 5.41 Å². The maximum absolute atomic E-state index is 12.4. The van der Waals surface area contributed by atoms with Crippen LogP contribution < -0.4 is 10.6 Å². The van der Waals surface area contributed by atoms with Crippen molar-refractivity contribution in [1.82, 2.24) is 10.6 Å². The predicted octanol–water partition coefficient (Wildman–Crippen LogP) is 1.16. The van der Waals surface area contributed by atoms with E-state index in [1.165, 1.54) is 6.07 Å². The van der Waals surface area contributed by atoms with Crippen LogP contribution in [0.5, 0.6) is 11.5 Å². The van der Waals surface area contributed by atoms with Crippen molar-refractivity contribution >= 4 is 11.8 Å². The van der Waals surface area contributed by atoms with E-state index in [1.54, 1.807) is 12.1 Å². The smallest absolute Gasteiger partial charge is 0.235 e. The number of carbonyl (C=O) groups is 2. The Balaban J connectivity index is 1.64. The van der Waals surface area contributed by atoms with Crippen LogP contribution in [0.25, 0.3) is 0 Å². The van der Waals surface area contributed by atoms with Crippen LogP contribution >= 0.6 is 0 Å². The quantitative estimate of drug-likeness (QED) is 0.484. The Hall–Kier alpha value is -2.24. The largest absolute Gasteiger partial charge is 0.504 e. The Morgan fingerprint density at radius 1 is 1.18 bits per heavy atom. The van der Waals surface area contributed by atoms with Gasteiger partial charge in [0.15, 0.2) is 11.5 Å². The zero-order valence-electron chi connectivity index (χ0n) is 12.3. The zero-order chi connectivity index (χ0) is 15.7. The number of phenolic OH excluding ortho intramolecular Hbond substituents is 2. The Morgan fingerprint density at radius 2 is 1.91 bits per heavy atom. The van der Waals surface area contributed by atoms with E-state index in [2.05, 4.69) is 10.6 Å². The van der Waals surface area contributed by atoms with Gasteiger partial charge in [-0.25, -0.2) is 0 Å². The SMILES string of the molecule is O=C(NCc1cccc(O)c1O)C1(C(=O)NC2CC2)CCC1. The van der Waals surface area contributed by atoms with E-state index in [4.69, 9.17) is 0 Å². The van der Waals surface area contributed by atoms with Crippen LogP contribution in [0.3, 0.4) is 0 Å². The second-order valence-electron chi connectivity index (χ2n) is 6.15. The van der Waals surface area contributed by atoms with Crippen molar-refractivity contribution in [1.29, 1.82) is 0 Å². The van der Waals surface area contributed by atoms with Gasteiger partial charge in [0, 0.05) is 18.2 Å². The molecule has 22 heavy (non-hydrogen) atoms. The number of hydrogen-bond donors (Lipinski definition) is 4. The molecular weight excluding hydrogens is 284 g/mol. The number of aromatic hydroxyl groups is 2. The molecule has 4 N–H and O–H groups in total. The molecule has 0 unspecified atom stereocenters. The summed E-state index contributed by atoms with van der Waals surface area (Å²) in [5.41, 5.74) is -0.542. The number of amides is 2. The summed E-state index contributed by atoms with van der Waals surface area (Å²) in [5.74, 6) is -0.956. The van der Waals surface area contributed by atoms with Crippen LogP contribution in [-0.4, -0.2) is 28.1 Å². The monoisotopic (exact) mass is 304 g/mol. The number of carbonyl (C=O) groups excluding carboxylic acids is 2. The van der Waals surface area contributed by atoms with E-state index >= 15 is 0 Å². The van der Waals surface area contributed by atoms with E-state index in [-0.39, 0.29) is 35.9 Å². The minimum atomic E-state index is -0.963. The summed E-state index contributed by atoms with van der Waals surface area (Å²) in [6, 6.07) is 4.81. The fourth-order valence-corrected chi connectivity index (χ4v) is 2.70. The Morgan fingerprint density at radius 3 is 2.50 bits per heavy atom. The highest BCUT2D eigenvalue weighted by atomic mass is 16.3. The summed E-state index contributed by atoms with van der Waals surface area (Å²) < 4.78 is 0. The maximum Gasteiger partial charge on any atom is 0.235 e. The Bertz CT molecular complexity index is 606. The normalized spacial score (nSPS) is 19.1. The molecule has 3 rings (SSSR count). The molecule has 0 heterocycles. The van der Waals surface area contributed by atoms with Crippen LogP contribution in [0.2, 0.25) is 0 Å². The lowest BCUT2D eigenvalue weighted by Gasteiger charge is -2.38. The highest BCUT2D eigenvalue weighted by Gasteiger charge is 2.51. The molecule has 1 aromatic rings. The van der Waals surface area contributed by atoms with E-state index in [1.807, 2.05) is 0 Å². The summed E-state index contributed by atoms with van der Waals surface area (Å²) in [6.45, 7) is 0.0809. The second-order valence-corrected chi connectivity index (χ2v) is 6.15. The summed E-state index contributed by atoms with van der Waals surface area (Å²) in [6.07, 6.45) is 3.96. The maximum atomic E-state index is 12.4. The van der Waals surface area contributed by atoms with E-state index < -0.39 is 5.41 Å². The molecule has 2 amide bonds. The van der Waals surface area contributed by atoms with Gasteiger partial charge in [0.05, 0.1) is 0 Å². The van der Waals surface area contributed by atoms with E-state index in [0.717, 1.165) is 19.3 Å². The standard InChI is InChI=1S/C16H20N2O4/c19-12-4-1-3-10(13(12)20)9-17-14(21)16(7-2-8-16)15(22)18-11-5-6-11/h1,3-4,11,19-20H,2,5-9H2,(H,17,21)(H,18,22). The first-order valence-electron chi connectivity index (χ1n) is 7.62. The third-order valence-electron chi connectivity index (χ3n) is 4.53. The van der Waals surface area contributed by atoms with E-state index in [0.29, 0.717) is 18.4 Å². The molecule has 0 aromatic heterocycles. The van der Waals surface area contributed by atoms with Crippen molar-refractivity contribution in [2.45, 2.75) is 44.7 Å². The lowest BCUT2D eigenvalue weighted by Crippen LogP contribution is -2.55. The van der Waals surface area contributed by atoms with Crippen LogP contribution in [0.1, 0.15) is 37.7 Å². The van der Waals surface area contributed by atoms with Gasteiger partial charge in [-0.05, 0) is 31.7 Å². The topological polar surface area (TPSA) is 98.7 Å². The van der Waals surface area contributed by atoms with Crippen molar-refractivity contribution < 1.29 is 19.8 Å². The molecule has 6 nitrogen and oxygen atoms in total. The molecule has 0 spiro atoms. The molecule has 1 aromatic carbocycles. The van der Waals surface area contributed by atoms with Crippen LogP contribution in [0.15, 0.2) is 18.2 Å². The minimum absolute atomic E-state index is 0.0809. The number of rotatable bonds is 5. The van der Waals surface area contributed by atoms with Gasteiger partial charge in [0.2, 0.25) is 11.8 Å². The molecule has 0 bridgehead atoms. The molecule has 2 fully saturated rings. The van der Waals surface area contributed by atoms with Crippen LogP contribution in [0.4, 0.5) is 0 Å². The van der Waals surface area contributed by atoms with Gasteiger partial charge in [-0.2, -0.15) is 0 Å². The van der Waals surface area contributed by atoms with Crippen LogP contribution in [-0.2, 0) is 16.1 Å². The number of para-hydroxylation sites is 1. The molecule has 0 saturated heterocycles. The van der Waals surface area contributed by atoms with Crippen molar-refractivity contribution in [3.63, 3.8) is 0 Å². The van der Waals surface area contributed by atoms with Crippen molar-refractivity contribution in [2.75, 3.05) is 0 Å². The molecule has 2 aliphatic rings. The minimum Gasteiger partial charge on any atom is -0.504 e. The second kappa shape index (κ2) is 5.51. The fraction of sp³-hybridized carbons (Fsp3) is 0.500. The first kappa shape index (κ1) is 14.7. The number of phenols is 2. The Labute approximate surface area is 128 Å². The van der Waals surface area contributed by atoms with Gasteiger partial charge in [-0.15, -0.1) is 0 Å². The number of hydrogen-bond acceptors (Lipinski definition) is 4. The van der Waals surface area contributed by atoms with Crippen molar-refractivity contribution in [2.24, 2.45) is 5.41 Å². The lowest BCUT2D eigenvalue weighted by atomic mass is 9.67. The molecule has 6 heteroatoms. The lowest BCUT2D eigenvalue weighted by molar-refractivity contribution is -0.149. The molecule has 0 radical (unpaired) electrons. The third-order valence-corrected chi connectivity index (χ3v) is 4.53. The van der Waals surface area contributed by atoms with Gasteiger partial charge < -0.3 is 20.8 Å². The van der Waals surface area contributed by atoms with Crippen molar-refractivity contribution in [3.05, 3.63) is 23.8 Å². The van der Waals surface area contributed by atoms with E-state index in [9.17, 15) is 19.8 Å². The zero-order valence-corrected chi connectivity index (χ0v) is 12.3. The summed E-state index contributed by atoms with van der Waals surface area (Å²) in [4.78, 5) is 24.8. The number of benzene rings is 1. The molecule has 0 atom stereocenters. The van der Waals surface area contributed by atoms with Gasteiger partial charge in [-0.3, -0.25) is 9.59 Å². The highest BCUT2D eigenvalue weighted by molar-refractivity contribution is 6.06. The fourth-order valence-electron chi connectivity index (χ4n) is 2.70. The van der Waals surface area contributed by atoms with Gasteiger partial charge in [-0.1, -0.05) is 18.6 Å². The van der Waals surface area contributed by atoms with Crippen molar-refractivity contribution in [3.8, 4) is 11.5 Å². The summed E-state index contributed by atoms with van der Waals surface area (Å²) in [5, 5.41) is 24.8. The summed E-state index contributed by atoms with van der Waals surface area (Å²) >= 11 is 0. The average molecular weight is 304 g/mol. The first-order valence-corrected chi connectivity index (χ1v) is 7.62.